The van der Waals surface area contributed by atoms with Crippen LogP contribution in [0.4, 0.5) is 5.82 Å². The third-order valence-corrected chi connectivity index (χ3v) is 8.98. The van der Waals surface area contributed by atoms with E-state index in [2.05, 4.69) is 25.3 Å². The normalized spacial score (nSPS) is 35.6. The highest BCUT2D eigenvalue weighted by atomic mass is 32.7. The first-order valence-electron chi connectivity index (χ1n) is 10.7. The number of hydrogen-bond acceptors (Lipinski definition) is 14. The lowest BCUT2D eigenvalue weighted by molar-refractivity contribution is -0.150. The summed E-state index contributed by atoms with van der Waals surface area (Å²) in [6, 6.07) is 0. The molecule has 0 amide bonds. The number of nitrogens with two attached hydrogens (primary N) is 1. The molecule has 0 bridgehead atoms. The van der Waals surface area contributed by atoms with Crippen molar-refractivity contribution in [1.82, 2.24) is 9.55 Å². The Morgan fingerprint density at radius 1 is 1.56 bits per heavy atom. The molecule has 0 saturated carbocycles. The van der Waals surface area contributed by atoms with Gasteiger partial charge in [0.25, 0.3) is 0 Å². The largest absolute Gasteiger partial charge is 0.454 e. The summed E-state index contributed by atoms with van der Waals surface area (Å²) < 4.78 is 42.4. The van der Waals surface area contributed by atoms with E-state index in [0.717, 1.165) is 0 Å². The number of azide groups is 1. The first-order chi connectivity index (χ1) is 16.8. The minimum Gasteiger partial charge on any atom is -0.454 e. The van der Waals surface area contributed by atoms with Crippen LogP contribution in [-0.4, -0.2) is 63.7 Å². The zero-order valence-electron chi connectivity index (χ0n) is 20.1. The van der Waals surface area contributed by atoms with Crippen LogP contribution in [0, 0.1) is 5.41 Å². The minimum atomic E-state index is -3.97. The van der Waals surface area contributed by atoms with Crippen molar-refractivity contribution in [2.24, 2.45) is 21.3 Å². The molecular formula is C18H27N8O8PS. The van der Waals surface area contributed by atoms with E-state index >= 15 is 0 Å². The molecule has 1 aromatic rings. The molecule has 18 heteroatoms. The first-order valence-corrected chi connectivity index (χ1v) is 13.8. The predicted molar refractivity (Wildman–Crippen MR) is 126 cm³/mol. The van der Waals surface area contributed by atoms with Gasteiger partial charge >= 0.3 is 12.8 Å². The summed E-state index contributed by atoms with van der Waals surface area (Å²) in [6.07, 6.45) is -2.12. The average Bonchev–Trinajstić information content (AvgIpc) is 3.29. The van der Waals surface area contributed by atoms with Gasteiger partial charge in [-0.1, -0.05) is 5.11 Å². The van der Waals surface area contributed by atoms with E-state index in [1.54, 1.807) is 20.8 Å². The molecule has 0 aromatic carbocycles. The summed E-state index contributed by atoms with van der Waals surface area (Å²) in [7, 11) is 1.43. The van der Waals surface area contributed by atoms with Crippen LogP contribution < -0.4 is 11.1 Å². The summed E-state index contributed by atoms with van der Waals surface area (Å²) >= 11 is 0.622. The van der Waals surface area contributed by atoms with E-state index in [-0.39, 0.29) is 11.9 Å². The number of carbonyl (C=O) groups is 1. The Morgan fingerprint density at radius 2 is 2.28 bits per heavy atom. The average molecular weight is 547 g/mol. The van der Waals surface area contributed by atoms with Crippen LogP contribution in [0.3, 0.4) is 0 Å². The number of nitrogens with one attached hydrogen (secondary N) is 1. The van der Waals surface area contributed by atoms with Crippen LogP contribution in [0.1, 0.15) is 45.8 Å². The Hall–Kier alpha value is -2.36. The fourth-order valence-electron chi connectivity index (χ4n) is 3.91. The van der Waals surface area contributed by atoms with E-state index in [1.165, 1.54) is 24.9 Å². The number of hydrogen-bond donors (Lipinski definition) is 3. The van der Waals surface area contributed by atoms with Gasteiger partial charge in [-0.15, -0.1) is 0 Å². The van der Waals surface area contributed by atoms with Crippen LogP contribution in [0.25, 0.3) is 10.4 Å². The number of aromatic nitrogens is 2. The van der Waals surface area contributed by atoms with Gasteiger partial charge in [0.15, 0.2) is 18.4 Å². The number of guanidine groups is 1. The highest BCUT2D eigenvalue weighted by molar-refractivity contribution is 8.55. The number of rotatable bonds is 6. The molecular weight excluding hydrogens is 519 g/mol. The molecule has 4 N–H and O–H groups in total. The highest BCUT2D eigenvalue weighted by Gasteiger charge is 2.68. The van der Waals surface area contributed by atoms with Gasteiger partial charge in [-0.05, 0) is 33.2 Å². The summed E-state index contributed by atoms with van der Waals surface area (Å²) in [5, 5.41) is 18.1. The van der Waals surface area contributed by atoms with Crippen molar-refractivity contribution in [3.8, 4) is 0 Å². The Kier molecular flexibility index (Phi) is 6.81. The summed E-state index contributed by atoms with van der Waals surface area (Å²) in [5.41, 5.74) is 10.9. The highest BCUT2D eigenvalue weighted by Crippen LogP contribution is 2.68. The Balaban J connectivity index is 1.61. The molecule has 2 saturated heterocycles. The zero-order chi connectivity index (χ0) is 26.5. The second-order valence-electron chi connectivity index (χ2n) is 9.48. The summed E-state index contributed by atoms with van der Waals surface area (Å²) in [5.74, 6) is -0.465. The van der Waals surface area contributed by atoms with Crippen molar-refractivity contribution >= 4 is 35.9 Å². The van der Waals surface area contributed by atoms with Gasteiger partial charge in [-0.3, -0.25) is 18.4 Å². The van der Waals surface area contributed by atoms with Gasteiger partial charge in [-0.25, -0.2) is 14.5 Å². The molecule has 16 nitrogen and oxygen atoms in total. The molecule has 4 heterocycles. The Morgan fingerprint density at radius 3 is 2.92 bits per heavy atom. The number of imidazole rings is 1. The van der Waals surface area contributed by atoms with Crippen LogP contribution in [0.15, 0.2) is 16.4 Å². The van der Waals surface area contributed by atoms with Gasteiger partial charge in [-0.2, -0.15) is 0 Å². The predicted octanol–water partition coefficient (Wildman–Crippen LogP) is 2.36. The zero-order valence-corrected chi connectivity index (χ0v) is 21.9. The molecule has 0 spiro atoms. The molecule has 2 unspecified atom stereocenters. The molecule has 36 heavy (non-hydrogen) atoms. The van der Waals surface area contributed by atoms with Crippen LogP contribution >= 0.6 is 18.2 Å². The Labute approximate surface area is 209 Å². The fraction of sp³-hybridized carbons (Fsp3) is 0.722. The van der Waals surface area contributed by atoms with E-state index in [1.807, 2.05) is 0 Å². The smallest absolute Gasteiger partial charge is 0.392 e. The van der Waals surface area contributed by atoms with Gasteiger partial charge in [0.1, 0.15) is 29.2 Å². The van der Waals surface area contributed by atoms with Crippen LogP contribution in [0.2, 0.25) is 0 Å². The van der Waals surface area contributed by atoms with Gasteiger partial charge in [0.2, 0.25) is 5.72 Å². The van der Waals surface area contributed by atoms with E-state index in [0.29, 0.717) is 22.9 Å². The first kappa shape index (κ1) is 26.7. The van der Waals surface area contributed by atoms with Crippen molar-refractivity contribution in [1.29, 1.82) is 0 Å². The van der Waals surface area contributed by atoms with Gasteiger partial charge in [0.05, 0.1) is 18.3 Å². The van der Waals surface area contributed by atoms with Gasteiger partial charge < -0.3 is 30.4 Å². The lowest BCUT2D eigenvalue weighted by Gasteiger charge is -2.39. The number of aliphatic imine (C=N–C) groups is 1. The van der Waals surface area contributed by atoms with E-state index in [4.69, 9.17) is 29.0 Å². The maximum Gasteiger partial charge on any atom is 0.392 e. The minimum absolute atomic E-state index is 0.0428. The number of anilines is 1. The topological polar surface area (TPSA) is 218 Å². The van der Waals surface area contributed by atoms with Crippen molar-refractivity contribution in [3.63, 3.8) is 0 Å². The molecule has 198 valence electrons. The van der Waals surface area contributed by atoms with Crippen LogP contribution in [0.5, 0.6) is 0 Å². The molecule has 3 aliphatic rings. The monoisotopic (exact) mass is 546 g/mol. The molecule has 1 aromatic heterocycles. The summed E-state index contributed by atoms with van der Waals surface area (Å²) in [4.78, 5) is 23.2. The molecule has 3 aliphatic heterocycles. The molecule has 4 rings (SSSR count). The third-order valence-electron chi connectivity index (χ3n) is 5.68. The number of methoxy groups -OCH3 is 1. The maximum atomic E-state index is 13.3. The van der Waals surface area contributed by atoms with E-state index < -0.39 is 54.7 Å². The van der Waals surface area contributed by atoms with Crippen LogP contribution in [-0.2, 0) is 32.6 Å². The lowest BCUT2D eigenvalue weighted by Crippen LogP contribution is -2.53. The van der Waals surface area contributed by atoms with E-state index in [9.17, 15) is 20.0 Å². The van der Waals surface area contributed by atoms with Crippen molar-refractivity contribution in [3.05, 3.63) is 22.5 Å². The number of aliphatic hydroxyl groups is 1. The van der Waals surface area contributed by atoms with Gasteiger partial charge in [0, 0.05) is 23.4 Å². The molecule has 0 aliphatic carbocycles. The number of nitrogens with zero attached hydrogens (tertiary/aromatic N) is 6. The second kappa shape index (κ2) is 9.19. The molecule has 0 radical (unpaired) electrons. The fourth-order valence-corrected chi connectivity index (χ4v) is 6.74. The molecule has 2 fully saturated rings. The second-order valence-corrected chi connectivity index (χ2v) is 13.5. The van der Waals surface area contributed by atoms with Crippen molar-refractivity contribution in [2.75, 3.05) is 25.0 Å². The Bertz CT molecular complexity index is 1180. The summed E-state index contributed by atoms with van der Waals surface area (Å²) in [6.45, 7) is 1.93. The number of ether oxygens (including phenoxy) is 3. The number of carbonyl (C=O) groups excluding carboxylic acids is 1. The maximum absolute atomic E-state index is 13.3. The lowest BCUT2D eigenvalue weighted by atomic mass is 9.93. The molecule has 6 atom stereocenters. The quantitative estimate of drug-likeness (QED) is 0.117. The number of esters is 1. The third kappa shape index (κ3) is 4.57. The SMILES string of the molecule is COC1N=C(N)Nc2c1ncn2[C@@H]1O[C@]2(N=[N+]=[N-])COP(=O)(SCOC(=O)C(C)(C)C)O[C@H]2[C@@]1(C)O. The van der Waals surface area contributed by atoms with Crippen molar-refractivity contribution in [2.45, 2.75) is 57.6 Å². The standard InChI is InChI=1S/C18H27N8O8PS/c1-16(2,3)14(27)31-8-36-35(29)32-6-18(24-25-20)12(34-35)17(4,28)13(33-18)26-7-21-9-10(26)22-15(19)23-11(9)30-5/h7,11-13,28H,6,8H2,1-5H3,(H3,19,22,23)/t11?,12-,13+,17+,18+,35?/m0/s1. The van der Waals surface area contributed by atoms with Crippen molar-refractivity contribution < 1.29 is 37.7 Å². The number of fused-ring (bicyclic) bond motifs is 2.